The van der Waals surface area contributed by atoms with Gasteiger partial charge in [0.2, 0.25) is 0 Å². The molecule has 0 saturated heterocycles. The molecule has 1 aromatic heterocycles. The smallest absolute Gasteiger partial charge is 0.0613 e. The van der Waals surface area contributed by atoms with Crippen molar-refractivity contribution < 1.29 is 4.74 Å². The quantitative estimate of drug-likeness (QED) is 0.887. The molecule has 0 fully saturated rings. The molecular formula is C14H19BrN2O. The summed E-state index contributed by atoms with van der Waals surface area (Å²) in [5.41, 5.74) is 1.27. The van der Waals surface area contributed by atoms with E-state index in [1.165, 1.54) is 10.9 Å². The first kappa shape index (κ1) is 13.6. The van der Waals surface area contributed by atoms with Gasteiger partial charge in [-0.1, -0.05) is 22.0 Å². The predicted octanol–water partition coefficient (Wildman–Crippen LogP) is 3.03. The highest BCUT2D eigenvalue weighted by molar-refractivity contribution is 9.10. The molecule has 2 aromatic rings. The van der Waals surface area contributed by atoms with E-state index in [-0.39, 0.29) is 0 Å². The molecule has 1 N–H and O–H groups in total. The Labute approximate surface area is 116 Å². The number of nitrogens with one attached hydrogen (secondary N) is 1. The van der Waals surface area contributed by atoms with Gasteiger partial charge in [-0.25, -0.2) is 0 Å². The topological polar surface area (TPSA) is 26.2 Å². The molecule has 0 bridgehead atoms. The van der Waals surface area contributed by atoms with Crippen molar-refractivity contribution in [3.63, 3.8) is 0 Å². The summed E-state index contributed by atoms with van der Waals surface area (Å²) in [6.07, 6.45) is 2.14. The Hall–Kier alpha value is -0.840. The average Bonchev–Trinajstić information content (AvgIpc) is 2.75. The van der Waals surface area contributed by atoms with Crippen LogP contribution in [0.25, 0.3) is 10.9 Å². The van der Waals surface area contributed by atoms with E-state index in [1.54, 1.807) is 7.11 Å². The molecule has 0 aliphatic rings. The Morgan fingerprint density at radius 1 is 1.39 bits per heavy atom. The number of aromatic nitrogens is 1. The first-order valence-corrected chi connectivity index (χ1v) is 6.97. The number of nitrogens with zero attached hydrogens (tertiary/aromatic N) is 1. The second-order valence-electron chi connectivity index (χ2n) is 4.49. The fourth-order valence-corrected chi connectivity index (χ4v) is 2.61. The summed E-state index contributed by atoms with van der Waals surface area (Å²) in [5.74, 6) is 0. The maximum absolute atomic E-state index is 5.10. The van der Waals surface area contributed by atoms with Crippen LogP contribution in [-0.4, -0.2) is 30.9 Å². The molecule has 0 amide bonds. The van der Waals surface area contributed by atoms with Crippen LogP contribution >= 0.6 is 15.9 Å². The van der Waals surface area contributed by atoms with Crippen molar-refractivity contribution in [3.05, 3.63) is 34.9 Å². The Morgan fingerprint density at radius 2 is 2.22 bits per heavy atom. The molecule has 0 radical (unpaired) electrons. The summed E-state index contributed by atoms with van der Waals surface area (Å²) in [6.45, 7) is 4.79. The first-order chi connectivity index (χ1) is 8.72. The predicted molar refractivity (Wildman–Crippen MR) is 79.0 cm³/mol. The minimum atomic E-state index is 0.392. The van der Waals surface area contributed by atoms with Crippen molar-refractivity contribution in [2.75, 3.05) is 20.3 Å². The highest BCUT2D eigenvalue weighted by Gasteiger charge is 2.04. The largest absolute Gasteiger partial charge is 0.383 e. The summed E-state index contributed by atoms with van der Waals surface area (Å²) < 4.78 is 8.52. The number of methoxy groups -OCH3 is 1. The number of hydrogen-bond donors (Lipinski definition) is 1. The molecule has 98 valence electrons. The zero-order chi connectivity index (χ0) is 13.0. The van der Waals surface area contributed by atoms with Gasteiger partial charge in [0.05, 0.1) is 6.61 Å². The van der Waals surface area contributed by atoms with Crippen LogP contribution in [0.4, 0.5) is 0 Å². The molecule has 1 unspecified atom stereocenters. The zero-order valence-corrected chi connectivity index (χ0v) is 12.4. The first-order valence-electron chi connectivity index (χ1n) is 6.18. The minimum absolute atomic E-state index is 0.392. The van der Waals surface area contributed by atoms with Crippen LogP contribution in [-0.2, 0) is 11.3 Å². The van der Waals surface area contributed by atoms with E-state index in [4.69, 9.17) is 4.74 Å². The van der Waals surface area contributed by atoms with Crippen molar-refractivity contribution >= 4 is 26.8 Å². The van der Waals surface area contributed by atoms with Crippen LogP contribution in [0.5, 0.6) is 0 Å². The monoisotopic (exact) mass is 310 g/mol. The van der Waals surface area contributed by atoms with Gasteiger partial charge in [0, 0.05) is 47.8 Å². The molecule has 0 spiro atoms. The van der Waals surface area contributed by atoms with Gasteiger partial charge < -0.3 is 14.6 Å². The van der Waals surface area contributed by atoms with Gasteiger partial charge in [-0.3, -0.25) is 0 Å². The van der Waals surface area contributed by atoms with Gasteiger partial charge in [-0.15, -0.1) is 0 Å². The van der Waals surface area contributed by atoms with Gasteiger partial charge >= 0.3 is 0 Å². The Morgan fingerprint density at radius 3 is 3.00 bits per heavy atom. The highest BCUT2D eigenvalue weighted by Crippen LogP contribution is 2.24. The molecule has 0 saturated carbocycles. The second-order valence-corrected chi connectivity index (χ2v) is 5.35. The maximum Gasteiger partial charge on any atom is 0.0613 e. The summed E-state index contributed by atoms with van der Waals surface area (Å²) in [4.78, 5) is 0. The molecule has 2 rings (SSSR count). The van der Waals surface area contributed by atoms with Gasteiger partial charge in [-0.2, -0.15) is 0 Å². The van der Waals surface area contributed by atoms with Crippen molar-refractivity contribution in [1.82, 2.24) is 9.88 Å². The normalized spacial score (nSPS) is 13.1. The lowest BCUT2D eigenvalue weighted by Crippen LogP contribution is -2.32. The van der Waals surface area contributed by atoms with Crippen LogP contribution < -0.4 is 5.32 Å². The van der Waals surface area contributed by atoms with Gasteiger partial charge in [-0.05, 0) is 25.1 Å². The van der Waals surface area contributed by atoms with Crippen LogP contribution in [0.15, 0.2) is 34.9 Å². The Balaban J connectivity index is 1.98. The molecule has 0 aliphatic carbocycles. The minimum Gasteiger partial charge on any atom is -0.383 e. The third-order valence-corrected chi connectivity index (χ3v) is 3.71. The van der Waals surface area contributed by atoms with Crippen molar-refractivity contribution in [2.45, 2.75) is 19.5 Å². The van der Waals surface area contributed by atoms with Crippen molar-refractivity contribution in [2.24, 2.45) is 0 Å². The van der Waals surface area contributed by atoms with E-state index in [0.29, 0.717) is 6.04 Å². The molecule has 0 aliphatic heterocycles. The molecule has 1 aromatic carbocycles. The summed E-state index contributed by atoms with van der Waals surface area (Å²) in [5, 5.41) is 4.71. The van der Waals surface area contributed by atoms with E-state index >= 15 is 0 Å². The van der Waals surface area contributed by atoms with Gasteiger partial charge in [0.25, 0.3) is 0 Å². The fraction of sp³-hybridized carbons (Fsp3) is 0.429. The summed E-state index contributed by atoms with van der Waals surface area (Å²) >= 11 is 3.58. The zero-order valence-electron chi connectivity index (χ0n) is 10.8. The lowest BCUT2D eigenvalue weighted by Gasteiger charge is -2.13. The lowest BCUT2D eigenvalue weighted by atomic mass is 10.2. The summed E-state index contributed by atoms with van der Waals surface area (Å²) in [7, 11) is 1.73. The molecule has 1 atom stereocenters. The molecule has 3 nitrogen and oxygen atoms in total. The molecular weight excluding hydrogens is 292 g/mol. The molecule has 1 heterocycles. The number of fused-ring (bicyclic) bond motifs is 1. The Bertz CT molecular complexity index is 509. The second kappa shape index (κ2) is 6.36. The number of benzene rings is 1. The third kappa shape index (κ3) is 3.13. The van der Waals surface area contributed by atoms with E-state index < -0.39 is 0 Å². The lowest BCUT2D eigenvalue weighted by molar-refractivity contribution is 0.172. The standard InChI is InChI=1S/C14H19BrN2O/c1-11(10-18-2)16-7-9-17-8-6-12-13(15)4-3-5-14(12)17/h3-6,8,11,16H,7,9-10H2,1-2H3. The number of ether oxygens (including phenoxy) is 1. The van der Waals surface area contributed by atoms with Crippen LogP contribution in [0.1, 0.15) is 6.92 Å². The summed E-state index contributed by atoms with van der Waals surface area (Å²) in [6, 6.07) is 8.84. The molecule has 4 heteroatoms. The van der Waals surface area contributed by atoms with Crippen LogP contribution in [0, 0.1) is 0 Å². The van der Waals surface area contributed by atoms with E-state index in [2.05, 4.69) is 63.2 Å². The number of rotatable bonds is 6. The van der Waals surface area contributed by atoms with Gasteiger partial charge in [0.15, 0.2) is 0 Å². The van der Waals surface area contributed by atoms with Crippen molar-refractivity contribution in [3.8, 4) is 0 Å². The van der Waals surface area contributed by atoms with E-state index in [0.717, 1.165) is 24.2 Å². The van der Waals surface area contributed by atoms with E-state index in [9.17, 15) is 0 Å². The number of hydrogen-bond acceptors (Lipinski definition) is 2. The maximum atomic E-state index is 5.10. The van der Waals surface area contributed by atoms with Crippen LogP contribution in [0.3, 0.4) is 0 Å². The van der Waals surface area contributed by atoms with E-state index in [1.807, 2.05) is 0 Å². The van der Waals surface area contributed by atoms with Gasteiger partial charge in [0.1, 0.15) is 0 Å². The van der Waals surface area contributed by atoms with Crippen LogP contribution in [0.2, 0.25) is 0 Å². The SMILES string of the molecule is COCC(C)NCCn1ccc2c(Br)cccc21. The average molecular weight is 311 g/mol. The van der Waals surface area contributed by atoms with Crippen molar-refractivity contribution in [1.29, 1.82) is 0 Å². The fourth-order valence-electron chi connectivity index (χ4n) is 2.12. The Kier molecular flexibility index (Phi) is 4.80. The highest BCUT2D eigenvalue weighted by atomic mass is 79.9. The molecule has 18 heavy (non-hydrogen) atoms. The third-order valence-electron chi connectivity index (χ3n) is 3.02. The number of halogens is 1.